The van der Waals surface area contributed by atoms with E-state index in [0.717, 1.165) is 54.1 Å². The van der Waals surface area contributed by atoms with E-state index < -0.39 is 12.0 Å². The topological polar surface area (TPSA) is 85.8 Å². The van der Waals surface area contributed by atoms with E-state index in [1.165, 1.54) is 12.3 Å². The molecular formula is C41H50F2N6O2. The summed E-state index contributed by atoms with van der Waals surface area (Å²) in [5, 5.41) is 3.31. The van der Waals surface area contributed by atoms with Crippen LogP contribution in [0.15, 0.2) is 78.1 Å². The van der Waals surface area contributed by atoms with Crippen molar-refractivity contribution < 1.29 is 18.3 Å². The minimum Gasteiger partial charge on any atom is -0.382 e. The number of ether oxygens (including phenoxy) is 1. The first-order valence-corrected chi connectivity index (χ1v) is 17.7. The lowest BCUT2D eigenvalue weighted by atomic mass is 9.97. The zero-order valence-electron chi connectivity index (χ0n) is 30.6. The molecule has 0 radical (unpaired) electrons. The van der Waals surface area contributed by atoms with Gasteiger partial charge in [-0.3, -0.25) is 14.7 Å². The van der Waals surface area contributed by atoms with Gasteiger partial charge in [-0.15, -0.1) is 0 Å². The maximum atomic E-state index is 16.2. The average Bonchev–Trinajstić information content (AvgIpc) is 3.67. The minimum absolute atomic E-state index is 0.0162. The van der Waals surface area contributed by atoms with Crippen molar-refractivity contribution in [1.82, 2.24) is 25.1 Å². The van der Waals surface area contributed by atoms with Gasteiger partial charge >= 0.3 is 0 Å². The Morgan fingerprint density at radius 3 is 2.27 bits per heavy atom. The highest BCUT2D eigenvalue weighted by Crippen LogP contribution is 2.52. The van der Waals surface area contributed by atoms with Crippen molar-refractivity contribution in [3.63, 3.8) is 0 Å². The third kappa shape index (κ3) is 8.29. The lowest BCUT2D eigenvalue weighted by Crippen LogP contribution is -2.45. The van der Waals surface area contributed by atoms with Crippen molar-refractivity contribution in [2.75, 3.05) is 40.3 Å². The fourth-order valence-electron chi connectivity index (χ4n) is 6.80. The Balaban J connectivity index is 1.32. The zero-order chi connectivity index (χ0) is 36.7. The molecule has 1 heterocycles. The summed E-state index contributed by atoms with van der Waals surface area (Å²) < 4.78 is 38.0. The van der Waals surface area contributed by atoms with Crippen LogP contribution in [0, 0.1) is 5.92 Å². The van der Waals surface area contributed by atoms with Crippen molar-refractivity contribution in [2.24, 2.45) is 10.9 Å². The molecule has 1 aromatic heterocycles. The number of carbonyl (C=O) groups is 1. The number of nitrogens with zero attached hydrogens (tertiary/aromatic N) is 4. The Labute approximate surface area is 300 Å². The van der Waals surface area contributed by atoms with Crippen molar-refractivity contribution in [2.45, 2.75) is 59.1 Å². The molecule has 1 atom stereocenters. The number of amides is 1. The zero-order valence-corrected chi connectivity index (χ0v) is 30.6. The number of H-pyrrole nitrogens is 1. The molecule has 8 nitrogen and oxygen atoms in total. The van der Waals surface area contributed by atoms with Gasteiger partial charge < -0.3 is 19.9 Å². The standard InChI is InChI=1S/C41H50F2N6O2/c1-8-19-48(6)26-38-46-25-37(47-38)29-12-10-28(11-13-29)30-14-16-32-33-17-15-31(23-35(33)41(42,43)34(32)22-30)36(24-44-5)45-18-21-49(20-9-2)40(50)39(51-7)27(3)4/h10-17,22-25,27,39,45H,5,8-9,18-21,26H2,1-4,6-7H3,(H,46,47)/b36-24-. The van der Waals surface area contributed by atoms with Gasteiger partial charge in [0.05, 0.1) is 24.1 Å². The van der Waals surface area contributed by atoms with E-state index in [-0.39, 0.29) is 23.0 Å². The monoisotopic (exact) mass is 696 g/mol. The van der Waals surface area contributed by atoms with E-state index in [9.17, 15) is 4.79 Å². The summed E-state index contributed by atoms with van der Waals surface area (Å²) in [7, 11) is 3.62. The van der Waals surface area contributed by atoms with Crippen molar-refractivity contribution >= 4 is 18.3 Å². The highest BCUT2D eigenvalue weighted by molar-refractivity contribution is 5.84. The molecule has 10 heteroatoms. The first-order valence-electron chi connectivity index (χ1n) is 17.7. The normalized spacial score (nSPS) is 14.0. The number of imidazole rings is 1. The molecule has 270 valence electrons. The first-order chi connectivity index (χ1) is 24.5. The van der Waals surface area contributed by atoms with Gasteiger partial charge in [0.2, 0.25) is 0 Å². The molecule has 51 heavy (non-hydrogen) atoms. The molecule has 3 aromatic carbocycles. The quantitative estimate of drug-likeness (QED) is 0.109. The molecule has 1 amide bonds. The van der Waals surface area contributed by atoms with Gasteiger partial charge in [0.15, 0.2) is 0 Å². The van der Waals surface area contributed by atoms with Crippen molar-refractivity contribution in [3.05, 3.63) is 95.6 Å². The summed E-state index contributed by atoms with van der Waals surface area (Å²) in [5.41, 5.74) is 5.53. The molecule has 1 aliphatic rings. The van der Waals surface area contributed by atoms with E-state index in [0.29, 0.717) is 42.0 Å². The van der Waals surface area contributed by atoms with Crippen LogP contribution < -0.4 is 5.32 Å². The number of aliphatic imine (C=N–C) groups is 1. The van der Waals surface area contributed by atoms with Gasteiger partial charge in [0, 0.05) is 44.1 Å². The number of nitrogens with one attached hydrogen (secondary N) is 2. The summed E-state index contributed by atoms with van der Waals surface area (Å²) in [6.07, 6.45) is 4.71. The number of hydrogen-bond acceptors (Lipinski definition) is 6. The molecule has 4 aromatic rings. The number of benzene rings is 3. The van der Waals surface area contributed by atoms with Crippen LogP contribution in [0.25, 0.3) is 39.2 Å². The van der Waals surface area contributed by atoms with Crippen LogP contribution >= 0.6 is 0 Å². The second-order valence-electron chi connectivity index (χ2n) is 13.5. The average molecular weight is 697 g/mol. The van der Waals surface area contributed by atoms with E-state index in [1.807, 2.05) is 63.4 Å². The van der Waals surface area contributed by atoms with Crippen molar-refractivity contribution in [1.29, 1.82) is 0 Å². The molecule has 1 unspecified atom stereocenters. The maximum Gasteiger partial charge on any atom is 0.299 e. The van der Waals surface area contributed by atoms with E-state index in [1.54, 1.807) is 30.2 Å². The van der Waals surface area contributed by atoms with Crippen LogP contribution in [0.5, 0.6) is 0 Å². The molecule has 1 aliphatic carbocycles. The number of rotatable bonds is 17. The predicted molar refractivity (Wildman–Crippen MR) is 203 cm³/mol. The van der Waals surface area contributed by atoms with Gasteiger partial charge in [-0.2, -0.15) is 8.78 Å². The number of alkyl halides is 2. The molecular weight excluding hydrogens is 646 g/mol. The summed E-state index contributed by atoms with van der Waals surface area (Å²) in [5.74, 6) is -2.32. The van der Waals surface area contributed by atoms with E-state index in [4.69, 9.17) is 4.74 Å². The summed E-state index contributed by atoms with van der Waals surface area (Å²) in [6, 6.07) is 18.3. The summed E-state index contributed by atoms with van der Waals surface area (Å²) >= 11 is 0. The Kier molecular flexibility index (Phi) is 12.2. The van der Waals surface area contributed by atoms with Crippen LogP contribution in [0.1, 0.15) is 63.1 Å². The van der Waals surface area contributed by atoms with Gasteiger partial charge in [0.25, 0.3) is 11.8 Å². The highest BCUT2D eigenvalue weighted by atomic mass is 19.3. The number of fused-ring (bicyclic) bond motifs is 3. The second-order valence-corrected chi connectivity index (χ2v) is 13.5. The number of carbonyl (C=O) groups excluding carboxylic acids is 1. The van der Waals surface area contributed by atoms with Gasteiger partial charge in [-0.05, 0) is 84.6 Å². The van der Waals surface area contributed by atoms with Gasteiger partial charge in [-0.1, -0.05) is 76.2 Å². The van der Waals surface area contributed by atoms with Crippen LogP contribution in [0.2, 0.25) is 0 Å². The predicted octanol–water partition coefficient (Wildman–Crippen LogP) is 8.20. The molecule has 0 aliphatic heterocycles. The molecule has 0 bridgehead atoms. The Hall–Kier alpha value is -4.67. The van der Waals surface area contributed by atoms with Crippen LogP contribution in [0.4, 0.5) is 8.78 Å². The van der Waals surface area contributed by atoms with Crippen LogP contribution in [0.3, 0.4) is 0 Å². The number of methoxy groups -OCH3 is 1. The lowest BCUT2D eigenvalue weighted by molar-refractivity contribution is -0.144. The fraction of sp³-hybridized carbons (Fsp3) is 0.390. The molecule has 0 saturated heterocycles. The third-order valence-corrected chi connectivity index (χ3v) is 9.33. The maximum absolute atomic E-state index is 16.2. The Morgan fingerprint density at radius 1 is 0.980 bits per heavy atom. The lowest BCUT2D eigenvalue weighted by Gasteiger charge is -2.28. The number of aromatic nitrogens is 2. The second kappa shape index (κ2) is 16.6. The molecule has 2 N–H and O–H groups in total. The van der Waals surface area contributed by atoms with Crippen LogP contribution in [-0.4, -0.2) is 78.8 Å². The van der Waals surface area contributed by atoms with Gasteiger partial charge in [0.1, 0.15) is 11.9 Å². The fourth-order valence-corrected chi connectivity index (χ4v) is 6.80. The summed E-state index contributed by atoms with van der Waals surface area (Å²) in [4.78, 5) is 29.0. The van der Waals surface area contributed by atoms with Crippen molar-refractivity contribution in [3.8, 4) is 33.5 Å². The van der Waals surface area contributed by atoms with E-state index >= 15 is 8.78 Å². The minimum atomic E-state index is -3.20. The Bertz CT molecular complexity index is 1850. The smallest absolute Gasteiger partial charge is 0.299 e. The third-order valence-electron chi connectivity index (χ3n) is 9.33. The molecule has 0 fully saturated rings. The molecule has 5 rings (SSSR count). The number of hydrogen-bond donors (Lipinski definition) is 2. The SMILES string of the molecule is C=N/C=C(\NCCN(CCC)C(=O)C(OC)C(C)C)c1ccc2c(c1)C(F)(F)c1cc(-c3ccc(-c4cnc(CN(C)CCC)[nH]4)cc3)ccc1-2. The number of aromatic amines is 1. The largest absolute Gasteiger partial charge is 0.382 e. The first kappa shape index (κ1) is 37.6. The molecule has 0 spiro atoms. The van der Waals surface area contributed by atoms with Gasteiger partial charge in [-0.25, -0.2) is 4.98 Å². The highest BCUT2D eigenvalue weighted by Gasteiger charge is 2.44. The molecule has 0 saturated carbocycles. The van der Waals surface area contributed by atoms with E-state index in [2.05, 4.69) is 45.9 Å². The Morgan fingerprint density at radius 2 is 1.63 bits per heavy atom. The summed E-state index contributed by atoms with van der Waals surface area (Å²) in [6.45, 7) is 14.8. The number of halogens is 2. The van der Waals surface area contributed by atoms with Crippen LogP contribution in [-0.2, 0) is 22.0 Å².